The number of nitrogens with zero attached hydrogens (tertiary/aromatic N) is 4. The third kappa shape index (κ3) is 2.65. The van der Waals surface area contributed by atoms with E-state index in [-0.39, 0.29) is 12.6 Å². The van der Waals surface area contributed by atoms with Crippen LogP contribution in [-0.4, -0.2) is 56.6 Å². The van der Waals surface area contributed by atoms with Crippen LogP contribution in [0.2, 0.25) is 0 Å². The van der Waals surface area contributed by atoms with Crippen molar-refractivity contribution in [3.8, 4) is 0 Å². The van der Waals surface area contributed by atoms with Crippen molar-refractivity contribution in [3.63, 3.8) is 0 Å². The van der Waals surface area contributed by atoms with Gasteiger partial charge < -0.3 is 15.0 Å². The summed E-state index contributed by atoms with van der Waals surface area (Å²) in [5.74, 6) is 1.03. The maximum Gasteiger partial charge on any atom is 0.147 e. The molecule has 6 nitrogen and oxygen atoms in total. The van der Waals surface area contributed by atoms with Crippen LogP contribution in [0.5, 0.6) is 0 Å². The second-order valence-electron chi connectivity index (χ2n) is 5.00. The zero-order valence-electron chi connectivity index (χ0n) is 9.92. The number of nitrogens with one attached hydrogen (secondary N) is 1. The van der Waals surface area contributed by atoms with Crippen LogP contribution in [0.15, 0.2) is 6.33 Å². The number of hydrogen-bond acceptors (Lipinski definition) is 5. The highest BCUT2D eigenvalue weighted by Crippen LogP contribution is 2.19. The van der Waals surface area contributed by atoms with E-state index in [9.17, 15) is 5.11 Å². The molecular weight excluding hydrogens is 218 g/mol. The summed E-state index contributed by atoms with van der Waals surface area (Å²) in [5.41, 5.74) is 0. The van der Waals surface area contributed by atoms with Crippen molar-refractivity contribution in [1.82, 2.24) is 25.0 Å². The molecule has 0 bridgehead atoms. The fraction of sp³-hybridized carbons (Fsp3) is 0.818. The average Bonchev–Trinajstić information content (AvgIpc) is 3.04. The molecular formula is C11H19N5O. The third-order valence-corrected chi connectivity index (χ3v) is 3.47. The molecule has 1 aliphatic heterocycles. The number of rotatable bonds is 5. The lowest BCUT2D eigenvalue weighted by Gasteiger charge is -2.30. The lowest BCUT2D eigenvalue weighted by molar-refractivity contribution is 0.155. The summed E-state index contributed by atoms with van der Waals surface area (Å²) in [5, 5.41) is 20.9. The molecule has 1 atom stereocenters. The lowest BCUT2D eigenvalue weighted by Crippen LogP contribution is -2.46. The molecule has 6 heteroatoms. The predicted octanol–water partition coefficient (Wildman–Crippen LogP) is -0.793. The molecule has 94 valence electrons. The van der Waals surface area contributed by atoms with E-state index in [2.05, 4.69) is 25.0 Å². The van der Waals surface area contributed by atoms with Crippen LogP contribution in [0, 0.1) is 0 Å². The molecule has 3 rings (SSSR count). The number of aromatic nitrogens is 3. The molecule has 17 heavy (non-hydrogen) atoms. The van der Waals surface area contributed by atoms with Gasteiger partial charge in [-0.25, -0.2) is 0 Å². The van der Waals surface area contributed by atoms with Crippen LogP contribution in [0.4, 0.5) is 0 Å². The second kappa shape index (κ2) is 4.72. The number of fused-ring (bicyclic) bond motifs is 1. The monoisotopic (exact) mass is 237 g/mol. The topological polar surface area (TPSA) is 66.2 Å². The standard InChI is InChI=1S/C11H19N5O/c17-7-10(13-9-1-2-9)5-15-3-4-16-8-12-14-11(16)6-15/h8-10,13,17H,1-7H2. The summed E-state index contributed by atoms with van der Waals surface area (Å²) in [6.07, 6.45) is 4.30. The summed E-state index contributed by atoms with van der Waals surface area (Å²) in [6.45, 7) is 3.89. The zero-order valence-corrected chi connectivity index (χ0v) is 9.92. The van der Waals surface area contributed by atoms with E-state index in [1.807, 2.05) is 0 Å². The van der Waals surface area contributed by atoms with Crippen molar-refractivity contribution >= 4 is 0 Å². The number of aliphatic hydroxyl groups is 1. The van der Waals surface area contributed by atoms with E-state index in [4.69, 9.17) is 0 Å². The Labute approximate surface area is 101 Å². The maximum absolute atomic E-state index is 9.37. The maximum atomic E-state index is 9.37. The minimum Gasteiger partial charge on any atom is -0.395 e. The predicted molar refractivity (Wildman–Crippen MR) is 62.3 cm³/mol. The molecule has 0 saturated heterocycles. The van der Waals surface area contributed by atoms with E-state index in [1.54, 1.807) is 6.33 Å². The van der Waals surface area contributed by atoms with Crippen LogP contribution in [0.1, 0.15) is 18.7 Å². The van der Waals surface area contributed by atoms with Gasteiger partial charge in [-0.15, -0.1) is 10.2 Å². The molecule has 1 saturated carbocycles. The first-order valence-electron chi connectivity index (χ1n) is 6.31. The fourth-order valence-electron chi connectivity index (χ4n) is 2.33. The molecule has 0 radical (unpaired) electrons. The minimum absolute atomic E-state index is 0.192. The van der Waals surface area contributed by atoms with Gasteiger partial charge in [0.25, 0.3) is 0 Å². The van der Waals surface area contributed by atoms with Gasteiger partial charge in [-0.1, -0.05) is 0 Å². The van der Waals surface area contributed by atoms with Gasteiger partial charge in [-0.05, 0) is 12.8 Å². The molecule has 1 aliphatic carbocycles. The van der Waals surface area contributed by atoms with Crippen LogP contribution in [-0.2, 0) is 13.1 Å². The molecule has 1 fully saturated rings. The molecule has 2 heterocycles. The van der Waals surface area contributed by atoms with Crippen molar-refractivity contribution in [1.29, 1.82) is 0 Å². The summed E-state index contributed by atoms with van der Waals surface area (Å²) in [4.78, 5) is 2.33. The van der Waals surface area contributed by atoms with Gasteiger partial charge in [-0.2, -0.15) is 0 Å². The Hall–Kier alpha value is -0.980. The minimum atomic E-state index is 0.192. The highest BCUT2D eigenvalue weighted by Gasteiger charge is 2.26. The Balaban J connectivity index is 1.54. The summed E-state index contributed by atoms with van der Waals surface area (Å²) < 4.78 is 2.10. The van der Waals surface area contributed by atoms with Crippen LogP contribution >= 0.6 is 0 Å². The van der Waals surface area contributed by atoms with E-state index in [0.717, 1.165) is 32.0 Å². The Morgan fingerprint density at radius 3 is 3.12 bits per heavy atom. The van der Waals surface area contributed by atoms with Crippen LogP contribution in [0.3, 0.4) is 0 Å². The first kappa shape index (κ1) is 11.1. The average molecular weight is 237 g/mol. The van der Waals surface area contributed by atoms with Gasteiger partial charge in [-0.3, -0.25) is 4.90 Å². The van der Waals surface area contributed by atoms with Gasteiger partial charge in [0, 0.05) is 31.7 Å². The summed E-state index contributed by atoms with van der Waals surface area (Å²) in [7, 11) is 0. The molecule has 0 aromatic carbocycles. The molecule has 1 unspecified atom stereocenters. The normalized spacial score (nSPS) is 22.4. The quantitative estimate of drug-likeness (QED) is 0.702. The second-order valence-corrected chi connectivity index (χ2v) is 5.00. The molecule has 0 amide bonds. The highest BCUT2D eigenvalue weighted by molar-refractivity contribution is 4.92. The van der Waals surface area contributed by atoms with E-state index in [0.29, 0.717) is 6.04 Å². The largest absolute Gasteiger partial charge is 0.395 e. The molecule has 2 N–H and O–H groups in total. The lowest BCUT2D eigenvalue weighted by atomic mass is 10.2. The molecule has 1 aromatic rings. The third-order valence-electron chi connectivity index (χ3n) is 3.47. The van der Waals surface area contributed by atoms with Gasteiger partial charge in [0.2, 0.25) is 0 Å². The first-order valence-corrected chi connectivity index (χ1v) is 6.31. The van der Waals surface area contributed by atoms with Gasteiger partial charge in [0.05, 0.1) is 13.2 Å². The fourth-order valence-corrected chi connectivity index (χ4v) is 2.33. The molecule has 1 aromatic heterocycles. The molecule has 2 aliphatic rings. The van der Waals surface area contributed by atoms with E-state index in [1.165, 1.54) is 12.8 Å². The SMILES string of the molecule is OCC(CN1CCn2cnnc2C1)NC1CC1. The van der Waals surface area contributed by atoms with Crippen LogP contribution in [0.25, 0.3) is 0 Å². The highest BCUT2D eigenvalue weighted by atomic mass is 16.3. The van der Waals surface area contributed by atoms with Crippen LogP contribution < -0.4 is 5.32 Å². The van der Waals surface area contributed by atoms with E-state index < -0.39 is 0 Å². The zero-order chi connectivity index (χ0) is 11.7. The Morgan fingerprint density at radius 1 is 1.47 bits per heavy atom. The van der Waals surface area contributed by atoms with Gasteiger partial charge in [0.1, 0.15) is 12.2 Å². The van der Waals surface area contributed by atoms with Crippen molar-refractivity contribution < 1.29 is 5.11 Å². The first-order chi connectivity index (χ1) is 8.35. The van der Waals surface area contributed by atoms with Gasteiger partial charge in [0.15, 0.2) is 0 Å². The Bertz CT molecular complexity index is 376. The smallest absolute Gasteiger partial charge is 0.147 e. The number of hydrogen-bond donors (Lipinski definition) is 2. The van der Waals surface area contributed by atoms with Gasteiger partial charge >= 0.3 is 0 Å². The Kier molecular flexibility index (Phi) is 3.09. The van der Waals surface area contributed by atoms with Crippen molar-refractivity contribution in [3.05, 3.63) is 12.2 Å². The number of aliphatic hydroxyl groups excluding tert-OH is 1. The van der Waals surface area contributed by atoms with Crippen molar-refractivity contribution in [2.24, 2.45) is 0 Å². The summed E-state index contributed by atoms with van der Waals surface area (Å²) in [6, 6.07) is 0.831. The van der Waals surface area contributed by atoms with E-state index >= 15 is 0 Å². The van der Waals surface area contributed by atoms with Crippen molar-refractivity contribution in [2.45, 2.75) is 38.0 Å². The summed E-state index contributed by atoms with van der Waals surface area (Å²) >= 11 is 0. The van der Waals surface area contributed by atoms with Crippen molar-refractivity contribution in [2.75, 3.05) is 19.7 Å². The molecule has 0 spiro atoms. The Morgan fingerprint density at radius 2 is 2.35 bits per heavy atom.